The molecule has 1 saturated heterocycles. The van der Waals surface area contributed by atoms with Crippen molar-refractivity contribution in [1.82, 2.24) is 9.88 Å². The fourth-order valence-electron chi connectivity index (χ4n) is 3.82. The summed E-state index contributed by atoms with van der Waals surface area (Å²) in [6, 6.07) is 10.9. The Morgan fingerprint density at radius 1 is 1.06 bits per heavy atom. The molecule has 1 amide bonds. The molecule has 0 bridgehead atoms. The molecule has 1 aromatic carbocycles. The third kappa shape index (κ3) is 3.31. The largest absolute Gasteiger partial charge is 0.507 e. The van der Waals surface area contributed by atoms with Crippen LogP contribution < -0.4 is 9.47 Å². The Morgan fingerprint density at radius 2 is 1.84 bits per heavy atom. The number of rotatable bonds is 4. The van der Waals surface area contributed by atoms with E-state index in [2.05, 4.69) is 4.98 Å². The first-order valence-electron chi connectivity index (χ1n) is 9.74. The van der Waals surface area contributed by atoms with Gasteiger partial charge in [0, 0.05) is 24.5 Å². The highest BCUT2D eigenvalue weighted by Gasteiger charge is 2.47. The Morgan fingerprint density at radius 3 is 2.58 bits per heavy atom. The smallest absolute Gasteiger partial charge is 0.296 e. The zero-order valence-electron chi connectivity index (χ0n) is 16.4. The van der Waals surface area contributed by atoms with Gasteiger partial charge < -0.3 is 23.9 Å². The van der Waals surface area contributed by atoms with Gasteiger partial charge in [0.2, 0.25) is 0 Å². The van der Waals surface area contributed by atoms with Gasteiger partial charge in [-0.3, -0.25) is 14.6 Å². The number of ketones is 1. The number of hydrogen-bond donors (Lipinski definition) is 1. The number of hydrogen-bond acceptors (Lipinski definition) is 7. The van der Waals surface area contributed by atoms with Crippen molar-refractivity contribution in [3.05, 3.63) is 83.6 Å². The topological polar surface area (TPSA) is 102 Å². The molecular formula is C23H18N2O6. The lowest BCUT2D eigenvalue weighted by Gasteiger charge is -2.23. The first-order valence-corrected chi connectivity index (χ1v) is 9.74. The molecule has 1 unspecified atom stereocenters. The molecule has 2 aliphatic rings. The molecule has 156 valence electrons. The van der Waals surface area contributed by atoms with Gasteiger partial charge in [-0.05, 0) is 48.0 Å². The molecule has 3 aromatic rings. The lowest BCUT2D eigenvalue weighted by atomic mass is 9.99. The standard InChI is InChI=1S/C23H18N2O6/c26-21(15-3-4-16-18(12-15)31-11-10-30-16)19-20(17-2-1-9-29-17)25(23(28)22(19)27)13-14-5-7-24-8-6-14/h1-9,12,20,26H,10-11,13H2. The van der Waals surface area contributed by atoms with E-state index < -0.39 is 17.7 Å². The average molecular weight is 418 g/mol. The number of fused-ring (bicyclic) bond motifs is 1. The number of ether oxygens (including phenoxy) is 2. The highest BCUT2D eigenvalue weighted by molar-refractivity contribution is 6.46. The fraction of sp³-hybridized carbons (Fsp3) is 0.174. The molecule has 0 saturated carbocycles. The minimum absolute atomic E-state index is 0.0364. The van der Waals surface area contributed by atoms with Gasteiger partial charge in [-0.1, -0.05) is 0 Å². The Kier molecular flexibility index (Phi) is 4.66. The number of Topliss-reactive ketones (excluding diaryl/α,β-unsaturated/α-hetero) is 1. The summed E-state index contributed by atoms with van der Waals surface area (Å²) in [5.74, 6) is -0.374. The predicted molar refractivity (Wildman–Crippen MR) is 108 cm³/mol. The predicted octanol–water partition coefficient (Wildman–Crippen LogP) is 3.07. The Hall–Kier alpha value is -4.07. The van der Waals surface area contributed by atoms with Crippen molar-refractivity contribution in [2.75, 3.05) is 13.2 Å². The van der Waals surface area contributed by atoms with E-state index in [0.717, 1.165) is 5.56 Å². The molecule has 0 aliphatic carbocycles. The number of likely N-dealkylation sites (tertiary alicyclic amines) is 1. The van der Waals surface area contributed by atoms with Gasteiger partial charge in [0.25, 0.3) is 11.7 Å². The molecule has 8 heteroatoms. The SMILES string of the molecule is O=C1C(=O)N(Cc2ccncc2)C(c2ccco2)C1=C(O)c1ccc2c(c1)OCCO2. The first kappa shape index (κ1) is 18.9. The number of aromatic nitrogens is 1. The zero-order valence-corrected chi connectivity index (χ0v) is 16.4. The number of amides is 1. The van der Waals surface area contributed by atoms with Crippen molar-refractivity contribution in [2.45, 2.75) is 12.6 Å². The second-order valence-electron chi connectivity index (χ2n) is 7.16. The first-order chi connectivity index (χ1) is 15.1. The Labute approximate surface area is 177 Å². The maximum absolute atomic E-state index is 13.0. The number of pyridine rings is 1. The minimum Gasteiger partial charge on any atom is -0.507 e. The molecule has 4 heterocycles. The normalized spacial score (nSPS) is 19.6. The van der Waals surface area contributed by atoms with Crippen molar-refractivity contribution in [3.8, 4) is 11.5 Å². The van der Waals surface area contributed by atoms with Crippen LogP contribution in [0.1, 0.15) is 22.9 Å². The summed E-state index contributed by atoms with van der Waals surface area (Å²) in [4.78, 5) is 31.3. The molecular weight excluding hydrogens is 400 g/mol. The highest BCUT2D eigenvalue weighted by atomic mass is 16.6. The van der Waals surface area contributed by atoms with Crippen molar-refractivity contribution in [3.63, 3.8) is 0 Å². The molecule has 1 atom stereocenters. The molecule has 31 heavy (non-hydrogen) atoms. The van der Waals surface area contributed by atoms with Crippen molar-refractivity contribution in [1.29, 1.82) is 0 Å². The van der Waals surface area contributed by atoms with E-state index in [0.29, 0.717) is 36.0 Å². The van der Waals surface area contributed by atoms with Gasteiger partial charge in [-0.15, -0.1) is 0 Å². The molecule has 5 rings (SSSR count). The van der Waals surface area contributed by atoms with E-state index >= 15 is 0 Å². The maximum Gasteiger partial charge on any atom is 0.296 e. The van der Waals surface area contributed by atoms with E-state index in [1.165, 1.54) is 11.2 Å². The van der Waals surface area contributed by atoms with Crippen LogP contribution in [0, 0.1) is 0 Å². The van der Waals surface area contributed by atoms with Crippen LogP contribution in [0.5, 0.6) is 11.5 Å². The lowest BCUT2D eigenvalue weighted by molar-refractivity contribution is -0.140. The number of furan rings is 1. The summed E-state index contributed by atoms with van der Waals surface area (Å²) in [6.07, 6.45) is 4.69. The summed E-state index contributed by atoms with van der Waals surface area (Å²) in [7, 11) is 0. The van der Waals surface area contributed by atoms with E-state index in [1.54, 1.807) is 54.9 Å². The third-order valence-electron chi connectivity index (χ3n) is 5.27. The monoisotopic (exact) mass is 418 g/mol. The fourth-order valence-corrected chi connectivity index (χ4v) is 3.82. The number of benzene rings is 1. The average Bonchev–Trinajstić information content (AvgIpc) is 3.42. The van der Waals surface area contributed by atoms with Crippen LogP contribution in [0.2, 0.25) is 0 Å². The second kappa shape index (κ2) is 7.64. The minimum atomic E-state index is -0.864. The van der Waals surface area contributed by atoms with E-state index in [1.807, 2.05) is 0 Å². The molecule has 1 N–H and O–H groups in total. The molecule has 0 radical (unpaired) electrons. The summed E-state index contributed by atoms with van der Waals surface area (Å²) >= 11 is 0. The van der Waals surface area contributed by atoms with Crippen LogP contribution in [0.3, 0.4) is 0 Å². The van der Waals surface area contributed by atoms with Crippen LogP contribution in [-0.2, 0) is 16.1 Å². The molecule has 1 fully saturated rings. The van der Waals surface area contributed by atoms with Crippen LogP contribution >= 0.6 is 0 Å². The van der Waals surface area contributed by atoms with Gasteiger partial charge in [0.1, 0.15) is 30.8 Å². The second-order valence-corrected chi connectivity index (χ2v) is 7.16. The summed E-state index contributed by atoms with van der Waals surface area (Å²) in [5, 5.41) is 11.1. The number of aliphatic hydroxyl groups is 1. The van der Waals surface area contributed by atoms with Gasteiger partial charge in [0.15, 0.2) is 11.5 Å². The van der Waals surface area contributed by atoms with Crippen molar-refractivity contribution in [2.24, 2.45) is 0 Å². The lowest BCUT2D eigenvalue weighted by Crippen LogP contribution is -2.29. The van der Waals surface area contributed by atoms with Crippen LogP contribution in [0.4, 0.5) is 0 Å². The van der Waals surface area contributed by atoms with Crippen LogP contribution in [0.15, 0.2) is 71.1 Å². The van der Waals surface area contributed by atoms with E-state index in [9.17, 15) is 14.7 Å². The number of aliphatic hydroxyl groups excluding tert-OH is 1. The van der Waals surface area contributed by atoms with Crippen LogP contribution in [0.25, 0.3) is 5.76 Å². The van der Waals surface area contributed by atoms with Crippen molar-refractivity contribution >= 4 is 17.4 Å². The summed E-state index contributed by atoms with van der Waals surface area (Å²) < 4.78 is 16.6. The number of carbonyl (C=O) groups is 2. The number of nitrogens with zero attached hydrogens (tertiary/aromatic N) is 2. The van der Waals surface area contributed by atoms with E-state index in [4.69, 9.17) is 13.9 Å². The highest BCUT2D eigenvalue weighted by Crippen LogP contribution is 2.41. The zero-order chi connectivity index (χ0) is 21.4. The number of carbonyl (C=O) groups excluding carboxylic acids is 2. The summed E-state index contributed by atoms with van der Waals surface area (Å²) in [6.45, 7) is 0.993. The van der Waals surface area contributed by atoms with Gasteiger partial charge in [-0.2, -0.15) is 0 Å². The van der Waals surface area contributed by atoms with Gasteiger partial charge in [-0.25, -0.2) is 0 Å². The quantitative estimate of drug-likeness (QED) is 0.395. The maximum atomic E-state index is 13.0. The Bertz CT molecular complexity index is 1170. The molecule has 8 nitrogen and oxygen atoms in total. The third-order valence-corrected chi connectivity index (χ3v) is 5.27. The molecule has 2 aliphatic heterocycles. The van der Waals surface area contributed by atoms with Gasteiger partial charge in [0.05, 0.1) is 11.8 Å². The van der Waals surface area contributed by atoms with Gasteiger partial charge >= 0.3 is 0 Å². The molecule has 0 spiro atoms. The van der Waals surface area contributed by atoms with Crippen LogP contribution in [-0.4, -0.2) is 39.9 Å². The van der Waals surface area contributed by atoms with E-state index in [-0.39, 0.29) is 17.9 Å². The molecule has 2 aromatic heterocycles. The van der Waals surface area contributed by atoms with Crippen molar-refractivity contribution < 1.29 is 28.6 Å². The summed E-state index contributed by atoms with van der Waals surface area (Å²) in [5.41, 5.74) is 1.11. The Balaban J connectivity index is 1.60.